The number of amides is 1. The van der Waals surface area contributed by atoms with Gasteiger partial charge in [0.15, 0.2) is 5.76 Å². The monoisotopic (exact) mass is 275 g/mol. The van der Waals surface area contributed by atoms with Crippen molar-refractivity contribution in [1.82, 2.24) is 5.48 Å². The van der Waals surface area contributed by atoms with Gasteiger partial charge in [0, 0.05) is 6.42 Å². The number of rotatable bonds is 8. The largest absolute Gasteiger partial charge is 0.456 e. The van der Waals surface area contributed by atoms with Crippen molar-refractivity contribution in [2.75, 3.05) is 0 Å². The zero-order valence-electron chi connectivity index (χ0n) is 11.6. The highest BCUT2D eigenvalue weighted by molar-refractivity contribution is 5.74. The number of nitrogens with one attached hydrogen (secondary N) is 1. The summed E-state index contributed by atoms with van der Waals surface area (Å²) in [5, 5.41) is 8.31. The van der Waals surface area contributed by atoms with Crippen molar-refractivity contribution in [2.24, 2.45) is 0 Å². The maximum absolute atomic E-state index is 10.7. The molecule has 0 aliphatic carbocycles. The molecular formula is C16H21NO3. The molecule has 1 heterocycles. The molecule has 0 radical (unpaired) electrons. The van der Waals surface area contributed by atoms with Crippen LogP contribution in [0.5, 0.6) is 0 Å². The summed E-state index contributed by atoms with van der Waals surface area (Å²) in [6.45, 7) is 0. The number of hydroxylamine groups is 1. The number of allylic oxidation sites excluding steroid dienone is 2. The van der Waals surface area contributed by atoms with E-state index in [1.165, 1.54) is 0 Å². The fraction of sp³-hybridized carbons (Fsp3) is 0.438. The normalized spacial score (nSPS) is 10.2. The maximum Gasteiger partial charge on any atom is 0.243 e. The lowest BCUT2D eigenvalue weighted by atomic mass is 10.1. The standard InChI is InChI=1S/C16H21NO3/c18-16(17-19)13-9-7-5-3-1-2-4-6-8-11-15-12-10-14-20-15/h4,6,10,12,14,19H,1-3,5,7,9,13H2,(H,17,18)/b6-4-. The van der Waals surface area contributed by atoms with Crippen LogP contribution in [0.2, 0.25) is 0 Å². The van der Waals surface area contributed by atoms with E-state index in [0.717, 1.165) is 38.5 Å². The molecule has 20 heavy (non-hydrogen) atoms. The molecule has 0 saturated carbocycles. The Bertz CT molecular complexity index is 452. The van der Waals surface area contributed by atoms with Gasteiger partial charge in [-0.3, -0.25) is 10.0 Å². The van der Waals surface area contributed by atoms with E-state index in [-0.39, 0.29) is 5.91 Å². The minimum Gasteiger partial charge on any atom is -0.456 e. The number of furan rings is 1. The Hall–Kier alpha value is -1.99. The number of carbonyl (C=O) groups excluding carboxylic acids is 1. The summed E-state index contributed by atoms with van der Waals surface area (Å²) in [6.07, 6.45) is 12.2. The van der Waals surface area contributed by atoms with Gasteiger partial charge in [0.2, 0.25) is 5.91 Å². The first kappa shape index (κ1) is 16.1. The molecule has 0 aliphatic heterocycles. The molecule has 0 bridgehead atoms. The molecule has 0 aromatic carbocycles. The van der Waals surface area contributed by atoms with Gasteiger partial charge in [-0.15, -0.1) is 0 Å². The van der Waals surface area contributed by atoms with Crippen molar-refractivity contribution < 1.29 is 14.4 Å². The second kappa shape index (κ2) is 10.9. The predicted octanol–water partition coefficient (Wildman–Crippen LogP) is 3.42. The van der Waals surface area contributed by atoms with Gasteiger partial charge in [-0.05, 0) is 43.4 Å². The Labute approximate surface area is 119 Å². The minimum absolute atomic E-state index is 0.303. The van der Waals surface area contributed by atoms with Crippen LogP contribution in [-0.2, 0) is 4.79 Å². The summed E-state index contributed by atoms with van der Waals surface area (Å²) in [5.41, 5.74) is 1.64. The molecule has 0 spiro atoms. The van der Waals surface area contributed by atoms with Crippen LogP contribution in [0.3, 0.4) is 0 Å². The van der Waals surface area contributed by atoms with E-state index in [2.05, 4.69) is 17.9 Å². The van der Waals surface area contributed by atoms with Crippen LogP contribution in [0.1, 0.15) is 50.7 Å². The molecule has 4 nitrogen and oxygen atoms in total. The van der Waals surface area contributed by atoms with Crippen LogP contribution >= 0.6 is 0 Å². The molecule has 0 atom stereocenters. The Balaban J connectivity index is 1.93. The minimum atomic E-state index is -0.303. The lowest BCUT2D eigenvalue weighted by Crippen LogP contribution is -2.17. The fourth-order valence-corrected chi connectivity index (χ4v) is 1.74. The lowest BCUT2D eigenvalue weighted by Gasteiger charge is -1.99. The molecule has 0 unspecified atom stereocenters. The molecule has 0 fully saturated rings. The third-order valence-electron chi connectivity index (χ3n) is 2.82. The van der Waals surface area contributed by atoms with Crippen molar-refractivity contribution >= 4 is 5.91 Å². The molecule has 0 saturated heterocycles. The van der Waals surface area contributed by atoms with E-state index in [0.29, 0.717) is 12.2 Å². The average molecular weight is 275 g/mol. The first-order valence-electron chi connectivity index (χ1n) is 6.96. The molecule has 1 rings (SSSR count). The van der Waals surface area contributed by atoms with Gasteiger partial charge in [-0.2, -0.15) is 0 Å². The summed E-state index contributed by atoms with van der Waals surface area (Å²) < 4.78 is 5.09. The number of carbonyl (C=O) groups is 1. The van der Waals surface area contributed by atoms with Crippen molar-refractivity contribution in [2.45, 2.75) is 44.9 Å². The average Bonchev–Trinajstić information content (AvgIpc) is 2.97. The number of hydrogen-bond donors (Lipinski definition) is 2. The van der Waals surface area contributed by atoms with Gasteiger partial charge in [0.25, 0.3) is 0 Å². The first-order valence-corrected chi connectivity index (χ1v) is 6.96. The topological polar surface area (TPSA) is 62.5 Å². The van der Waals surface area contributed by atoms with Crippen LogP contribution < -0.4 is 5.48 Å². The predicted molar refractivity (Wildman–Crippen MR) is 77.0 cm³/mol. The third kappa shape index (κ3) is 8.17. The van der Waals surface area contributed by atoms with E-state index in [9.17, 15) is 4.79 Å². The second-order valence-corrected chi connectivity index (χ2v) is 4.49. The summed E-state index contributed by atoms with van der Waals surface area (Å²) in [5.74, 6) is 6.20. The summed E-state index contributed by atoms with van der Waals surface area (Å²) in [6, 6.07) is 3.65. The van der Waals surface area contributed by atoms with Crippen LogP contribution in [0.25, 0.3) is 0 Å². The zero-order valence-corrected chi connectivity index (χ0v) is 11.6. The first-order chi connectivity index (χ1) is 9.83. The SMILES string of the molecule is O=C(CCCCCCC/C=C\C#Cc1ccco1)NO. The van der Waals surface area contributed by atoms with Gasteiger partial charge >= 0.3 is 0 Å². The zero-order chi connectivity index (χ0) is 14.5. The Morgan fingerprint density at radius 2 is 2.10 bits per heavy atom. The van der Waals surface area contributed by atoms with E-state index in [1.807, 2.05) is 18.2 Å². The van der Waals surface area contributed by atoms with Gasteiger partial charge in [-0.25, -0.2) is 5.48 Å². The van der Waals surface area contributed by atoms with Gasteiger partial charge in [0.1, 0.15) is 0 Å². The molecular weight excluding hydrogens is 254 g/mol. The Morgan fingerprint density at radius 1 is 1.30 bits per heavy atom. The highest BCUT2D eigenvalue weighted by Gasteiger charge is 1.97. The van der Waals surface area contributed by atoms with Crippen molar-refractivity contribution in [3.63, 3.8) is 0 Å². The smallest absolute Gasteiger partial charge is 0.243 e. The molecule has 1 aromatic rings. The third-order valence-corrected chi connectivity index (χ3v) is 2.82. The number of hydrogen-bond acceptors (Lipinski definition) is 3. The van der Waals surface area contributed by atoms with Crippen LogP contribution in [0.4, 0.5) is 0 Å². The van der Waals surface area contributed by atoms with Crippen LogP contribution in [0.15, 0.2) is 35.0 Å². The highest BCUT2D eigenvalue weighted by atomic mass is 16.5. The summed E-state index contributed by atoms with van der Waals surface area (Å²) >= 11 is 0. The van der Waals surface area contributed by atoms with Crippen molar-refractivity contribution in [1.29, 1.82) is 0 Å². The maximum atomic E-state index is 10.7. The molecule has 0 aliphatic rings. The summed E-state index contributed by atoms with van der Waals surface area (Å²) in [4.78, 5) is 10.7. The summed E-state index contributed by atoms with van der Waals surface area (Å²) in [7, 11) is 0. The number of unbranched alkanes of at least 4 members (excludes halogenated alkanes) is 5. The Kier molecular flexibility index (Phi) is 8.75. The van der Waals surface area contributed by atoms with E-state index < -0.39 is 0 Å². The molecule has 1 amide bonds. The molecule has 1 aromatic heterocycles. The fourth-order valence-electron chi connectivity index (χ4n) is 1.74. The lowest BCUT2D eigenvalue weighted by molar-refractivity contribution is -0.129. The molecule has 2 N–H and O–H groups in total. The molecule has 108 valence electrons. The molecule has 4 heteroatoms. The van der Waals surface area contributed by atoms with Gasteiger partial charge in [0.05, 0.1) is 6.26 Å². The van der Waals surface area contributed by atoms with Crippen LogP contribution in [-0.4, -0.2) is 11.1 Å². The van der Waals surface area contributed by atoms with E-state index >= 15 is 0 Å². The van der Waals surface area contributed by atoms with Crippen molar-refractivity contribution in [3.05, 3.63) is 36.3 Å². The quantitative estimate of drug-likeness (QED) is 0.331. The van der Waals surface area contributed by atoms with E-state index in [1.54, 1.807) is 11.7 Å². The van der Waals surface area contributed by atoms with Gasteiger partial charge < -0.3 is 4.42 Å². The highest BCUT2D eigenvalue weighted by Crippen LogP contribution is 2.07. The van der Waals surface area contributed by atoms with E-state index in [4.69, 9.17) is 9.62 Å². The van der Waals surface area contributed by atoms with Crippen LogP contribution in [0, 0.1) is 11.8 Å². The Morgan fingerprint density at radius 3 is 2.85 bits per heavy atom. The second-order valence-electron chi connectivity index (χ2n) is 4.49. The van der Waals surface area contributed by atoms with Gasteiger partial charge in [-0.1, -0.05) is 31.3 Å². The van der Waals surface area contributed by atoms with Crippen molar-refractivity contribution in [3.8, 4) is 11.8 Å².